The minimum absolute atomic E-state index is 0.604. The minimum atomic E-state index is 0.604. The van der Waals surface area contributed by atoms with Gasteiger partial charge in [-0.05, 0) is 42.7 Å². The molecule has 7 heteroatoms. The quantitative estimate of drug-likeness (QED) is 0.368. The average Bonchev–Trinajstić information content (AvgIpc) is 3.18. The molecule has 0 fully saturated rings. The summed E-state index contributed by atoms with van der Waals surface area (Å²) in [6.07, 6.45) is 10.2. The highest BCUT2D eigenvalue weighted by Gasteiger charge is 2.22. The van der Waals surface area contributed by atoms with Crippen LogP contribution in [0, 0.1) is 6.92 Å². The van der Waals surface area contributed by atoms with Gasteiger partial charge in [-0.2, -0.15) is 0 Å². The number of aromatic amines is 1. The van der Waals surface area contributed by atoms with Gasteiger partial charge in [-0.3, -0.25) is 4.98 Å². The van der Waals surface area contributed by atoms with E-state index in [1.54, 1.807) is 18.6 Å². The van der Waals surface area contributed by atoms with E-state index >= 15 is 0 Å². The van der Waals surface area contributed by atoms with Gasteiger partial charge in [0.2, 0.25) is 5.95 Å². The summed E-state index contributed by atoms with van der Waals surface area (Å²) >= 11 is 0. The Morgan fingerprint density at radius 1 is 0.938 bits per heavy atom. The third kappa shape index (κ3) is 3.06. The van der Waals surface area contributed by atoms with Gasteiger partial charge in [0.25, 0.3) is 0 Å². The number of nitrogens with one attached hydrogen (secondary N) is 3. The third-order valence-corrected chi connectivity index (χ3v) is 5.90. The summed E-state index contributed by atoms with van der Waals surface area (Å²) in [5, 5.41) is 8.06. The summed E-state index contributed by atoms with van der Waals surface area (Å²) in [5.41, 5.74) is 8.40. The van der Waals surface area contributed by atoms with E-state index in [0.717, 1.165) is 46.9 Å². The lowest BCUT2D eigenvalue weighted by Gasteiger charge is -2.11. The highest BCUT2D eigenvalue weighted by Crippen LogP contribution is 2.41. The van der Waals surface area contributed by atoms with E-state index in [2.05, 4.69) is 61.9 Å². The number of fused-ring (bicyclic) bond motifs is 6. The molecular formula is C25H21N7. The Balaban J connectivity index is 1.31. The molecule has 0 unspecified atom stereocenters. The van der Waals surface area contributed by atoms with Crippen LogP contribution in [-0.4, -0.2) is 31.5 Å². The fourth-order valence-corrected chi connectivity index (χ4v) is 4.30. The van der Waals surface area contributed by atoms with Crippen LogP contribution >= 0.6 is 0 Å². The van der Waals surface area contributed by atoms with E-state index < -0.39 is 0 Å². The van der Waals surface area contributed by atoms with Crippen molar-refractivity contribution in [2.75, 3.05) is 17.2 Å². The Kier molecular flexibility index (Phi) is 4.31. The van der Waals surface area contributed by atoms with E-state index in [1.807, 2.05) is 24.4 Å². The van der Waals surface area contributed by atoms with Crippen molar-refractivity contribution < 1.29 is 0 Å². The molecule has 1 aliphatic rings. The Labute approximate surface area is 185 Å². The topological polar surface area (TPSA) is 91.4 Å². The Bertz CT molecular complexity index is 1450. The molecule has 0 saturated carbocycles. The maximum atomic E-state index is 4.88. The number of rotatable bonds is 4. The molecule has 32 heavy (non-hydrogen) atoms. The number of hydrogen-bond donors (Lipinski definition) is 3. The van der Waals surface area contributed by atoms with Crippen molar-refractivity contribution in [3.8, 4) is 22.4 Å². The molecule has 156 valence electrons. The number of hydrogen-bond acceptors (Lipinski definition) is 6. The first-order chi connectivity index (χ1) is 15.8. The standard InChI is InChI=1S/C25H21N7/c1-15-4-2-5-17-16(12-29-22(15)17)7-11-28-25-30-13-20-18-8-10-26-14-21(18)31-24-19(23(20)32-25)6-3-9-27-24/h2-6,8-10,12-14,29H,7,11H2,1H3,(H,27,31)(H,28,30,32). The molecule has 1 aliphatic heterocycles. The molecule has 5 heterocycles. The van der Waals surface area contributed by atoms with Crippen LogP contribution in [0.15, 0.2) is 67.4 Å². The van der Waals surface area contributed by atoms with Gasteiger partial charge in [-0.15, -0.1) is 0 Å². The van der Waals surface area contributed by atoms with Crippen molar-refractivity contribution in [3.05, 3.63) is 78.5 Å². The van der Waals surface area contributed by atoms with Gasteiger partial charge in [0.05, 0.1) is 17.6 Å². The van der Waals surface area contributed by atoms with Crippen molar-refractivity contribution >= 4 is 28.4 Å². The molecule has 6 rings (SSSR count). The predicted octanol–water partition coefficient (Wildman–Crippen LogP) is 5.10. The largest absolute Gasteiger partial charge is 0.361 e. The van der Waals surface area contributed by atoms with Gasteiger partial charge < -0.3 is 15.6 Å². The summed E-state index contributed by atoms with van der Waals surface area (Å²) in [7, 11) is 0. The molecular weight excluding hydrogens is 398 g/mol. The fourth-order valence-electron chi connectivity index (χ4n) is 4.30. The van der Waals surface area contributed by atoms with Gasteiger partial charge in [0.1, 0.15) is 5.82 Å². The second-order valence-corrected chi connectivity index (χ2v) is 7.89. The van der Waals surface area contributed by atoms with Crippen LogP contribution in [0.2, 0.25) is 0 Å². The van der Waals surface area contributed by atoms with Crippen LogP contribution in [0.1, 0.15) is 11.1 Å². The van der Waals surface area contributed by atoms with Crippen molar-refractivity contribution in [2.45, 2.75) is 13.3 Å². The predicted molar refractivity (Wildman–Crippen MR) is 127 cm³/mol. The number of H-pyrrole nitrogens is 1. The van der Waals surface area contributed by atoms with Crippen LogP contribution in [0.25, 0.3) is 33.3 Å². The van der Waals surface area contributed by atoms with Gasteiger partial charge in [-0.25, -0.2) is 15.0 Å². The molecule has 1 aromatic carbocycles. The molecule has 0 spiro atoms. The van der Waals surface area contributed by atoms with E-state index in [9.17, 15) is 0 Å². The molecule has 0 atom stereocenters. The normalized spacial score (nSPS) is 11.8. The Morgan fingerprint density at radius 2 is 1.91 bits per heavy atom. The minimum Gasteiger partial charge on any atom is -0.361 e. The molecule has 3 N–H and O–H groups in total. The number of nitrogens with zero attached hydrogens (tertiary/aromatic N) is 4. The SMILES string of the molecule is Cc1cccc2c(CCNc3ncc4c(n3)-c3cccnc3Nc3cnccc3-4)c[nH]c12. The van der Waals surface area contributed by atoms with Crippen molar-refractivity contribution in [3.63, 3.8) is 0 Å². The summed E-state index contributed by atoms with van der Waals surface area (Å²) < 4.78 is 0. The molecule has 0 aliphatic carbocycles. The molecule has 4 aromatic heterocycles. The van der Waals surface area contributed by atoms with Crippen LogP contribution < -0.4 is 10.6 Å². The first kappa shape index (κ1) is 18.5. The van der Waals surface area contributed by atoms with Crippen molar-refractivity contribution in [1.29, 1.82) is 0 Å². The Morgan fingerprint density at radius 3 is 2.88 bits per heavy atom. The summed E-state index contributed by atoms with van der Waals surface area (Å²) in [6, 6.07) is 12.3. The lowest BCUT2D eigenvalue weighted by molar-refractivity contribution is 0.992. The molecule has 0 amide bonds. The number of aromatic nitrogens is 5. The van der Waals surface area contributed by atoms with Crippen molar-refractivity contribution in [1.82, 2.24) is 24.9 Å². The summed E-state index contributed by atoms with van der Waals surface area (Å²) in [4.78, 5) is 21.6. The first-order valence-electron chi connectivity index (χ1n) is 10.6. The molecule has 7 nitrogen and oxygen atoms in total. The first-order valence-corrected chi connectivity index (χ1v) is 10.6. The molecule has 5 aromatic rings. The summed E-state index contributed by atoms with van der Waals surface area (Å²) in [6.45, 7) is 2.86. The molecule has 0 radical (unpaired) electrons. The van der Waals surface area contributed by atoms with E-state index in [1.165, 1.54) is 22.0 Å². The average molecular weight is 419 g/mol. The van der Waals surface area contributed by atoms with Gasteiger partial charge in [0.15, 0.2) is 0 Å². The third-order valence-electron chi connectivity index (χ3n) is 5.90. The number of pyridine rings is 2. The van der Waals surface area contributed by atoms with Gasteiger partial charge >= 0.3 is 0 Å². The number of para-hydroxylation sites is 1. The van der Waals surface area contributed by atoms with Crippen LogP contribution in [-0.2, 0) is 6.42 Å². The second kappa shape index (κ2) is 7.46. The zero-order chi connectivity index (χ0) is 21.5. The second-order valence-electron chi connectivity index (χ2n) is 7.89. The van der Waals surface area contributed by atoms with Crippen LogP contribution in [0.3, 0.4) is 0 Å². The zero-order valence-corrected chi connectivity index (χ0v) is 17.6. The fraction of sp³-hybridized carbons (Fsp3) is 0.120. The lowest BCUT2D eigenvalue weighted by atomic mass is 10.0. The number of aryl methyl sites for hydroxylation is 1. The van der Waals surface area contributed by atoms with Gasteiger partial charge in [0, 0.05) is 58.9 Å². The monoisotopic (exact) mass is 419 g/mol. The highest BCUT2D eigenvalue weighted by molar-refractivity contribution is 5.95. The smallest absolute Gasteiger partial charge is 0.223 e. The Hall–Kier alpha value is -4.26. The van der Waals surface area contributed by atoms with Crippen molar-refractivity contribution in [2.24, 2.45) is 0 Å². The van der Waals surface area contributed by atoms with E-state index in [4.69, 9.17) is 4.98 Å². The molecule has 0 saturated heterocycles. The van der Waals surface area contributed by atoms with Crippen LogP contribution in [0.4, 0.5) is 17.5 Å². The number of benzene rings is 1. The van der Waals surface area contributed by atoms with E-state index in [0.29, 0.717) is 5.95 Å². The van der Waals surface area contributed by atoms with E-state index in [-0.39, 0.29) is 0 Å². The number of anilines is 3. The molecule has 0 bridgehead atoms. The summed E-state index contributed by atoms with van der Waals surface area (Å²) in [5.74, 6) is 1.37. The maximum Gasteiger partial charge on any atom is 0.223 e. The highest BCUT2D eigenvalue weighted by atomic mass is 15.1. The van der Waals surface area contributed by atoms with Crippen LogP contribution in [0.5, 0.6) is 0 Å². The van der Waals surface area contributed by atoms with Gasteiger partial charge in [-0.1, -0.05) is 18.2 Å². The zero-order valence-electron chi connectivity index (χ0n) is 17.6. The lowest BCUT2D eigenvalue weighted by Crippen LogP contribution is -2.08. The maximum absolute atomic E-state index is 4.88.